The molecule has 3 aliphatic rings. The maximum atomic E-state index is 12.6. The van der Waals surface area contributed by atoms with Gasteiger partial charge in [0.25, 0.3) is 5.79 Å². The molecule has 0 aromatic rings. The summed E-state index contributed by atoms with van der Waals surface area (Å²) in [5.74, 6) is -6.29. The van der Waals surface area contributed by atoms with E-state index in [-0.39, 0.29) is 0 Å². The number of amides is 2. The van der Waals surface area contributed by atoms with Gasteiger partial charge in [0.05, 0.1) is 50.8 Å². The van der Waals surface area contributed by atoms with E-state index in [1.165, 1.54) is 6.92 Å². The molecule has 0 bridgehead atoms. The molecule has 2 amide bonds. The van der Waals surface area contributed by atoms with Crippen LogP contribution in [0.25, 0.3) is 0 Å². The van der Waals surface area contributed by atoms with Crippen LogP contribution in [0, 0.1) is 0 Å². The first-order valence-corrected chi connectivity index (χ1v) is 17.9. The Morgan fingerprint density at radius 2 is 1.44 bits per heavy atom. The van der Waals surface area contributed by atoms with Crippen LogP contribution in [0.4, 0.5) is 0 Å². The van der Waals surface area contributed by atoms with Gasteiger partial charge in [-0.05, 0) is 13.8 Å². The number of carboxylic acids is 1. The van der Waals surface area contributed by atoms with Gasteiger partial charge in [0.15, 0.2) is 6.29 Å². The lowest BCUT2D eigenvalue weighted by atomic mass is 9.88. The fourth-order valence-electron chi connectivity index (χ4n) is 6.65. The normalized spacial score (nSPS) is 38.8. The van der Waals surface area contributed by atoms with Crippen molar-refractivity contribution in [2.45, 2.75) is 156 Å². The zero-order chi connectivity index (χ0) is 43.1. The van der Waals surface area contributed by atoms with E-state index >= 15 is 0 Å². The van der Waals surface area contributed by atoms with Crippen molar-refractivity contribution < 1.29 is 114 Å². The minimum Gasteiger partial charge on any atom is -0.477 e. The van der Waals surface area contributed by atoms with Gasteiger partial charge in [0.1, 0.15) is 73.2 Å². The van der Waals surface area contributed by atoms with Crippen LogP contribution in [-0.2, 0) is 47.5 Å². The van der Waals surface area contributed by atoms with Crippen molar-refractivity contribution in [1.29, 1.82) is 0 Å². The molecule has 0 aromatic carbocycles. The molecular formula is C32H56N2O23. The fourth-order valence-corrected chi connectivity index (χ4v) is 6.65. The lowest BCUT2D eigenvalue weighted by molar-refractivity contribution is -0.359. The average molecular weight is 837 g/mol. The summed E-state index contributed by atoms with van der Waals surface area (Å²) in [5.41, 5.74) is 0. The van der Waals surface area contributed by atoms with Gasteiger partial charge in [0.2, 0.25) is 24.4 Å². The highest BCUT2D eigenvalue weighted by atomic mass is 16.8. The van der Waals surface area contributed by atoms with E-state index in [0.717, 1.165) is 20.8 Å². The minimum absolute atomic E-state index is 0.644. The first kappa shape index (κ1) is 49.0. The predicted molar refractivity (Wildman–Crippen MR) is 180 cm³/mol. The number of nitrogens with one attached hydrogen (secondary N) is 2. The molecule has 3 fully saturated rings. The van der Waals surface area contributed by atoms with Crippen molar-refractivity contribution in [3.63, 3.8) is 0 Å². The van der Waals surface area contributed by atoms with Gasteiger partial charge in [-0.2, -0.15) is 0 Å². The summed E-state index contributed by atoms with van der Waals surface area (Å²) >= 11 is 0. The van der Waals surface area contributed by atoms with E-state index < -0.39 is 173 Å². The van der Waals surface area contributed by atoms with Gasteiger partial charge >= 0.3 is 5.97 Å². The molecule has 25 heteroatoms. The maximum absolute atomic E-state index is 12.6. The highest BCUT2D eigenvalue weighted by molar-refractivity contribution is 5.76. The van der Waals surface area contributed by atoms with Gasteiger partial charge in [0, 0.05) is 20.3 Å². The zero-order valence-corrected chi connectivity index (χ0v) is 31.4. The lowest BCUT2D eigenvalue weighted by Crippen LogP contribution is -2.68. The second-order valence-electron chi connectivity index (χ2n) is 14.1. The molecule has 0 aliphatic carbocycles. The summed E-state index contributed by atoms with van der Waals surface area (Å²) in [6.07, 6.45) is -30.9. The third-order valence-electron chi connectivity index (χ3n) is 9.66. The van der Waals surface area contributed by atoms with Crippen LogP contribution in [0.15, 0.2) is 0 Å². The van der Waals surface area contributed by atoms with Crippen molar-refractivity contribution in [1.82, 2.24) is 10.6 Å². The Kier molecular flexibility index (Phi) is 18.3. The Bertz CT molecular complexity index is 1300. The third kappa shape index (κ3) is 11.9. The summed E-state index contributed by atoms with van der Waals surface area (Å²) < 4.78 is 39.3. The second kappa shape index (κ2) is 21.3. The highest BCUT2D eigenvalue weighted by Gasteiger charge is 2.57. The summed E-state index contributed by atoms with van der Waals surface area (Å²) in [5, 5.41) is 139. The fraction of sp³-hybridized carbons (Fsp3) is 0.906. The number of aliphatic carboxylic acids is 1. The summed E-state index contributed by atoms with van der Waals surface area (Å²) in [4.78, 5) is 36.6. The summed E-state index contributed by atoms with van der Waals surface area (Å²) in [6, 6.07) is -3.11. The molecule has 3 heterocycles. The topological polar surface area (TPSA) is 403 Å². The monoisotopic (exact) mass is 836 g/mol. The molecule has 0 saturated carbocycles. The standard InChI is InChI=1S/C32H56N2O23/c1-10(38)18(9-51-32(31(49)50)5-14(41)19(33-12(3)39)27(57-32)21(43)15(42)6-35)54-30(28(47)48)56-26-17(8-37)53-29(20(23(26)45)34-13(4)40)55-25-11(2)52-16(7-36)22(44)24(25)46/h10-11,14-30,35-38,41-48H,5-9H2,1-4H3,(H,33,39)(H,34,40)(H,49,50)/t10-,11?,14-,15-,16?,17+,18?,19?,20?,21-,22?,23?,24?,25?,26?,27?,29+,30?,32-/m1/s1. The smallest absolute Gasteiger partial charge is 0.364 e. The number of carbonyl (C=O) groups excluding carboxylic acids is 2. The molecule has 19 atom stereocenters. The number of aliphatic hydroxyl groups excluding tert-OH is 11. The molecule has 0 spiro atoms. The Hall–Kier alpha value is -2.35. The Morgan fingerprint density at radius 3 is 1.95 bits per heavy atom. The maximum Gasteiger partial charge on any atom is 0.364 e. The number of carboxylic acid groups (broad SMARTS) is 1. The number of hydrogen-bond acceptors (Lipinski definition) is 22. The Balaban J connectivity index is 1.85. The molecule has 57 heavy (non-hydrogen) atoms. The number of ether oxygens (including phenoxy) is 7. The van der Waals surface area contributed by atoms with E-state index in [1.807, 2.05) is 0 Å². The number of carbonyl (C=O) groups is 3. The van der Waals surface area contributed by atoms with Crippen molar-refractivity contribution in [3.05, 3.63) is 0 Å². The third-order valence-corrected chi connectivity index (χ3v) is 9.66. The van der Waals surface area contributed by atoms with Gasteiger partial charge in [-0.1, -0.05) is 0 Å². The second-order valence-corrected chi connectivity index (χ2v) is 14.1. The highest BCUT2D eigenvalue weighted by Crippen LogP contribution is 2.35. The Labute approximate surface area is 325 Å². The first-order valence-electron chi connectivity index (χ1n) is 17.9. The molecule has 0 aromatic heterocycles. The predicted octanol–water partition coefficient (Wildman–Crippen LogP) is -8.59. The first-order chi connectivity index (χ1) is 26.6. The molecule has 3 saturated heterocycles. The van der Waals surface area contributed by atoms with Crippen LogP contribution in [0.5, 0.6) is 0 Å². The van der Waals surface area contributed by atoms with Crippen molar-refractivity contribution in [3.8, 4) is 0 Å². The molecule has 12 unspecified atom stereocenters. The minimum atomic E-state index is -2.89. The number of hydrogen-bond donors (Lipinski definition) is 15. The SMILES string of the molecule is CC(=O)NC1C(O)C(OC(OC(CO[C@]2(C(=O)O)C[C@@H](O)C(NC(C)=O)C([C@H](O)[C@H](O)CO)O2)[C@@H](C)O)C(O)O)[C@H](CO)O[C@H]1OC1C(C)OC(CO)C(O)C1O. The van der Waals surface area contributed by atoms with Crippen molar-refractivity contribution >= 4 is 17.8 Å². The lowest BCUT2D eigenvalue weighted by Gasteiger charge is -2.48. The molecule has 15 N–H and O–H groups in total. The number of rotatable bonds is 19. The van der Waals surface area contributed by atoms with E-state index in [1.54, 1.807) is 0 Å². The van der Waals surface area contributed by atoms with Gasteiger partial charge in [-0.25, -0.2) is 4.79 Å². The Morgan fingerprint density at radius 1 is 0.842 bits per heavy atom. The molecule has 0 radical (unpaired) electrons. The molecule has 25 nitrogen and oxygen atoms in total. The van der Waals surface area contributed by atoms with Crippen molar-refractivity contribution in [2.24, 2.45) is 0 Å². The number of aliphatic hydroxyl groups is 12. The zero-order valence-electron chi connectivity index (χ0n) is 31.4. The van der Waals surface area contributed by atoms with Crippen LogP contribution in [0.3, 0.4) is 0 Å². The van der Waals surface area contributed by atoms with E-state index in [2.05, 4.69) is 10.6 Å². The molecular weight excluding hydrogens is 780 g/mol. The summed E-state index contributed by atoms with van der Waals surface area (Å²) in [7, 11) is 0. The van der Waals surface area contributed by atoms with Crippen LogP contribution >= 0.6 is 0 Å². The van der Waals surface area contributed by atoms with E-state index in [4.69, 9.17) is 33.2 Å². The quantitative estimate of drug-likeness (QED) is 0.0537. The van der Waals surface area contributed by atoms with Gasteiger partial charge < -0.3 is 110 Å². The van der Waals surface area contributed by atoms with E-state index in [9.17, 15) is 80.8 Å². The average Bonchev–Trinajstić information content (AvgIpc) is 3.14. The molecule has 332 valence electrons. The van der Waals surface area contributed by atoms with Crippen LogP contribution in [-0.4, -0.2) is 233 Å². The molecule has 3 aliphatic heterocycles. The van der Waals surface area contributed by atoms with Gasteiger partial charge in [-0.3, -0.25) is 9.59 Å². The van der Waals surface area contributed by atoms with Crippen LogP contribution in [0.1, 0.15) is 34.1 Å². The van der Waals surface area contributed by atoms with Crippen molar-refractivity contribution in [2.75, 3.05) is 26.4 Å². The molecule has 3 rings (SSSR count). The van der Waals surface area contributed by atoms with E-state index in [0.29, 0.717) is 0 Å². The van der Waals surface area contributed by atoms with Crippen LogP contribution < -0.4 is 10.6 Å². The summed E-state index contributed by atoms with van der Waals surface area (Å²) in [6.45, 7) is 0.977. The largest absolute Gasteiger partial charge is 0.477 e. The van der Waals surface area contributed by atoms with Gasteiger partial charge in [-0.15, -0.1) is 0 Å². The van der Waals surface area contributed by atoms with Crippen LogP contribution in [0.2, 0.25) is 0 Å².